The Labute approximate surface area is 187 Å². The van der Waals surface area contributed by atoms with Gasteiger partial charge in [0.1, 0.15) is 5.75 Å². The largest absolute Gasteiger partial charge is 0.496 e. The van der Waals surface area contributed by atoms with E-state index in [1.54, 1.807) is 17.9 Å². The minimum absolute atomic E-state index is 0.275. The molecule has 0 aliphatic carbocycles. The molecule has 3 aromatic rings. The lowest BCUT2D eigenvalue weighted by molar-refractivity contribution is -0.596. The molecule has 4 rings (SSSR count). The summed E-state index contributed by atoms with van der Waals surface area (Å²) in [6.45, 7) is 3.94. The third-order valence-corrected chi connectivity index (χ3v) is 5.54. The highest BCUT2D eigenvalue weighted by Crippen LogP contribution is 2.27. The van der Waals surface area contributed by atoms with Crippen LogP contribution in [0.2, 0.25) is 0 Å². The van der Waals surface area contributed by atoms with Crippen LogP contribution in [-0.2, 0) is 4.79 Å². The monoisotopic (exact) mass is 428 g/mol. The predicted molar refractivity (Wildman–Crippen MR) is 123 cm³/mol. The van der Waals surface area contributed by atoms with E-state index >= 15 is 0 Å². The molecule has 0 unspecified atom stereocenters. The molecule has 1 fully saturated rings. The summed E-state index contributed by atoms with van der Waals surface area (Å²) in [6, 6.07) is 21.6. The number of hydrazone groups is 1. The normalized spacial score (nSPS) is 19.0. The van der Waals surface area contributed by atoms with Crippen LogP contribution in [0.4, 0.5) is 0 Å². The van der Waals surface area contributed by atoms with Crippen LogP contribution in [-0.4, -0.2) is 35.9 Å². The van der Waals surface area contributed by atoms with E-state index in [2.05, 4.69) is 10.7 Å². The highest BCUT2D eigenvalue weighted by molar-refractivity contribution is 5.98. The van der Waals surface area contributed by atoms with Crippen molar-refractivity contribution in [2.24, 2.45) is 0 Å². The highest BCUT2D eigenvalue weighted by atomic mass is 16.5. The quantitative estimate of drug-likeness (QED) is 0.613. The topological polar surface area (TPSA) is 70.4 Å². The van der Waals surface area contributed by atoms with E-state index in [4.69, 9.17) is 4.74 Å². The SMILES string of the molecule is COc1ccccc1/C=[N+]1\NC(=O)[C@@H](NC(=O)c2cccc(C)c2)[C@@H]1c1ccc(C)cc1. The van der Waals surface area contributed by atoms with Crippen LogP contribution in [0.1, 0.15) is 38.7 Å². The molecule has 1 saturated heterocycles. The average Bonchev–Trinajstić information content (AvgIpc) is 3.09. The Morgan fingerprint density at radius 1 is 1.00 bits per heavy atom. The summed E-state index contributed by atoms with van der Waals surface area (Å²) in [5, 5.41) is 2.94. The molecular formula is C26H26N3O3+. The molecule has 32 heavy (non-hydrogen) atoms. The van der Waals surface area contributed by atoms with Crippen molar-refractivity contribution in [3.63, 3.8) is 0 Å². The number of hydrogen-bond donors (Lipinski definition) is 2. The Bertz CT molecular complexity index is 1180. The maximum Gasteiger partial charge on any atom is 0.304 e. The van der Waals surface area contributed by atoms with Gasteiger partial charge in [-0.05, 0) is 38.1 Å². The average molecular weight is 429 g/mol. The van der Waals surface area contributed by atoms with Gasteiger partial charge in [-0.3, -0.25) is 9.59 Å². The van der Waals surface area contributed by atoms with Crippen molar-refractivity contribution in [3.05, 3.63) is 101 Å². The second-order valence-corrected chi connectivity index (χ2v) is 7.93. The number of carbonyl (C=O) groups excluding carboxylic acids is 2. The van der Waals surface area contributed by atoms with Gasteiger partial charge in [-0.1, -0.05) is 59.7 Å². The summed E-state index contributed by atoms with van der Waals surface area (Å²) in [5.41, 5.74) is 7.25. The molecule has 0 radical (unpaired) electrons. The van der Waals surface area contributed by atoms with Crippen molar-refractivity contribution < 1.29 is 19.0 Å². The van der Waals surface area contributed by atoms with Crippen LogP contribution in [0.5, 0.6) is 5.75 Å². The standard InChI is InChI=1S/C26H25N3O3/c1-17-11-13-19(14-12-17)24-23(27-25(30)20-9-6-7-18(2)15-20)26(31)28-29(24)16-21-8-4-5-10-22(21)32-3/h4-16,23-24H,1-3H3,(H-,27,28,30,31)/p+1/b29-16-/t23-,24-/m0/s1. The number of carbonyl (C=O) groups is 2. The molecular weight excluding hydrogens is 402 g/mol. The van der Waals surface area contributed by atoms with Gasteiger partial charge in [0.05, 0.1) is 12.7 Å². The van der Waals surface area contributed by atoms with E-state index in [0.717, 1.165) is 22.3 Å². The number of para-hydroxylation sites is 1. The summed E-state index contributed by atoms with van der Waals surface area (Å²) in [4.78, 5) is 26.0. The highest BCUT2D eigenvalue weighted by Gasteiger charge is 2.47. The van der Waals surface area contributed by atoms with Crippen LogP contribution in [0, 0.1) is 13.8 Å². The molecule has 0 bridgehead atoms. The summed E-state index contributed by atoms with van der Waals surface area (Å²) >= 11 is 0. The van der Waals surface area contributed by atoms with Gasteiger partial charge in [0, 0.05) is 11.1 Å². The van der Waals surface area contributed by atoms with Crippen LogP contribution in [0.3, 0.4) is 0 Å². The van der Waals surface area contributed by atoms with Gasteiger partial charge in [0.25, 0.3) is 5.91 Å². The van der Waals surface area contributed by atoms with Crippen molar-refractivity contribution in [1.29, 1.82) is 0 Å². The smallest absolute Gasteiger partial charge is 0.304 e. The Kier molecular flexibility index (Phi) is 6.03. The van der Waals surface area contributed by atoms with Gasteiger partial charge in [0.2, 0.25) is 12.3 Å². The molecule has 0 aromatic heterocycles. The molecule has 6 heteroatoms. The number of nitrogens with zero attached hydrogens (tertiary/aromatic N) is 1. The zero-order valence-electron chi connectivity index (χ0n) is 18.3. The van der Waals surface area contributed by atoms with E-state index in [-0.39, 0.29) is 11.8 Å². The van der Waals surface area contributed by atoms with Gasteiger partial charge in [-0.2, -0.15) is 0 Å². The zero-order chi connectivity index (χ0) is 22.7. The van der Waals surface area contributed by atoms with Crippen molar-refractivity contribution in [2.75, 3.05) is 7.11 Å². The number of hydrazine groups is 1. The molecule has 2 atom stereocenters. The van der Waals surface area contributed by atoms with Crippen LogP contribution in [0.15, 0.2) is 72.8 Å². The fourth-order valence-electron chi connectivity index (χ4n) is 3.88. The number of ether oxygens (including phenoxy) is 1. The summed E-state index contributed by atoms with van der Waals surface area (Å²) < 4.78 is 7.20. The zero-order valence-corrected chi connectivity index (χ0v) is 18.3. The van der Waals surface area contributed by atoms with Gasteiger partial charge < -0.3 is 10.1 Å². The first kappa shape index (κ1) is 21.3. The third-order valence-electron chi connectivity index (χ3n) is 5.54. The Morgan fingerprint density at radius 2 is 1.75 bits per heavy atom. The fourth-order valence-corrected chi connectivity index (χ4v) is 3.88. The molecule has 2 N–H and O–H groups in total. The predicted octanol–water partition coefficient (Wildman–Crippen LogP) is 3.33. The minimum Gasteiger partial charge on any atom is -0.496 e. The van der Waals surface area contributed by atoms with Gasteiger partial charge in [-0.15, -0.1) is 10.1 Å². The second-order valence-electron chi connectivity index (χ2n) is 7.93. The van der Waals surface area contributed by atoms with E-state index in [1.807, 2.05) is 86.8 Å². The lowest BCUT2D eigenvalue weighted by Crippen LogP contribution is -2.42. The van der Waals surface area contributed by atoms with Crippen molar-refractivity contribution in [1.82, 2.24) is 10.7 Å². The first-order valence-corrected chi connectivity index (χ1v) is 10.5. The van der Waals surface area contributed by atoms with Gasteiger partial charge in [-0.25, -0.2) is 0 Å². The van der Waals surface area contributed by atoms with Gasteiger partial charge >= 0.3 is 5.91 Å². The van der Waals surface area contributed by atoms with Crippen molar-refractivity contribution in [3.8, 4) is 5.75 Å². The molecule has 1 aliphatic rings. The van der Waals surface area contributed by atoms with Crippen LogP contribution >= 0.6 is 0 Å². The molecule has 162 valence electrons. The van der Waals surface area contributed by atoms with Crippen molar-refractivity contribution >= 4 is 18.0 Å². The second kappa shape index (κ2) is 9.06. The fraction of sp³-hybridized carbons (Fsp3) is 0.192. The first-order chi connectivity index (χ1) is 15.5. The summed E-state index contributed by atoms with van der Waals surface area (Å²) in [6.07, 6.45) is 1.83. The first-order valence-electron chi connectivity index (χ1n) is 10.5. The van der Waals surface area contributed by atoms with Crippen molar-refractivity contribution in [2.45, 2.75) is 25.9 Å². The molecule has 0 spiro atoms. The number of amides is 2. The third kappa shape index (κ3) is 4.39. The molecule has 6 nitrogen and oxygen atoms in total. The van der Waals surface area contributed by atoms with E-state index in [1.165, 1.54) is 0 Å². The maximum absolute atomic E-state index is 13.0. The lowest BCUT2D eigenvalue weighted by Gasteiger charge is -2.15. The maximum atomic E-state index is 13.0. The van der Waals surface area contributed by atoms with Gasteiger partial charge in [0.15, 0.2) is 6.04 Å². The van der Waals surface area contributed by atoms with Crippen LogP contribution < -0.4 is 15.5 Å². The number of methoxy groups -OCH3 is 1. The molecule has 3 aromatic carbocycles. The summed E-state index contributed by atoms with van der Waals surface area (Å²) in [5.74, 6) is 0.129. The number of aryl methyl sites for hydroxylation is 2. The molecule has 2 amide bonds. The van der Waals surface area contributed by atoms with E-state index in [0.29, 0.717) is 11.3 Å². The molecule has 1 heterocycles. The Hall–Kier alpha value is -3.93. The number of nitrogens with one attached hydrogen (secondary N) is 2. The lowest BCUT2D eigenvalue weighted by atomic mass is 9.98. The molecule has 1 aliphatic heterocycles. The summed E-state index contributed by atoms with van der Waals surface area (Å²) in [7, 11) is 1.61. The Morgan fingerprint density at radius 3 is 2.47 bits per heavy atom. The molecule has 0 saturated carbocycles. The van der Waals surface area contributed by atoms with E-state index < -0.39 is 12.1 Å². The number of rotatable bonds is 5. The number of hydrogen-bond acceptors (Lipinski definition) is 3. The minimum atomic E-state index is -0.767. The van der Waals surface area contributed by atoms with Crippen LogP contribution in [0.25, 0.3) is 0 Å². The number of benzene rings is 3. The van der Waals surface area contributed by atoms with E-state index in [9.17, 15) is 9.59 Å². The Balaban J connectivity index is 1.73.